The van der Waals surface area contributed by atoms with Crippen molar-refractivity contribution in [1.29, 1.82) is 0 Å². The maximum Gasteiger partial charge on any atom is 2.00 e. The second-order valence-corrected chi connectivity index (χ2v) is 3.53. The molecule has 74 valence electrons. The molecule has 0 amide bonds. The van der Waals surface area contributed by atoms with Crippen molar-refractivity contribution in [2.45, 2.75) is 13.8 Å². The van der Waals surface area contributed by atoms with Gasteiger partial charge >= 0.3 is 21.1 Å². The van der Waals surface area contributed by atoms with E-state index in [9.17, 15) is 0 Å². The molecule has 0 saturated heterocycles. The van der Waals surface area contributed by atoms with E-state index < -0.39 is 0 Å². The van der Waals surface area contributed by atoms with Crippen LogP contribution in [0.5, 0.6) is 0 Å². The van der Waals surface area contributed by atoms with Gasteiger partial charge in [0.2, 0.25) is 0 Å². The van der Waals surface area contributed by atoms with Gasteiger partial charge in [0.15, 0.2) is 0 Å². The average molecular weight is 364 g/mol. The maximum atomic E-state index is 3.33. The van der Waals surface area contributed by atoms with Crippen LogP contribution in [-0.2, 0) is 21.1 Å². The van der Waals surface area contributed by atoms with Gasteiger partial charge in [-0.3, -0.25) is 0 Å². The first-order chi connectivity index (χ1) is 6.75. The zero-order valence-corrected chi connectivity index (χ0v) is 11.8. The Bertz CT molecular complexity index is 412. The van der Waals surface area contributed by atoms with E-state index in [2.05, 4.69) is 44.2 Å². The number of aryl methyl sites for hydroxylation is 2. The van der Waals surface area contributed by atoms with Crippen LogP contribution in [0.15, 0.2) is 36.4 Å². The molecule has 0 radical (unpaired) electrons. The Balaban J connectivity index is 0.00000112. The SMILES string of the molecule is Cc1[c-]c(-c2[c-]cccc2)cc(C)c1.[W+2]. The Morgan fingerprint density at radius 2 is 1.80 bits per heavy atom. The van der Waals surface area contributed by atoms with Crippen LogP contribution in [0.4, 0.5) is 0 Å². The zero-order chi connectivity index (χ0) is 9.97. The van der Waals surface area contributed by atoms with E-state index in [1.54, 1.807) is 0 Å². The third kappa shape index (κ3) is 3.04. The van der Waals surface area contributed by atoms with Gasteiger partial charge in [-0.2, -0.15) is 36.4 Å². The summed E-state index contributed by atoms with van der Waals surface area (Å²) >= 11 is 0. The molecule has 0 aromatic heterocycles. The molecule has 2 aromatic carbocycles. The van der Waals surface area contributed by atoms with Gasteiger partial charge in [0, 0.05) is 0 Å². The minimum atomic E-state index is 0. The Hall–Kier alpha value is -0.872. The number of benzene rings is 2. The molecule has 0 heterocycles. The molecule has 0 fully saturated rings. The van der Waals surface area contributed by atoms with E-state index in [4.69, 9.17) is 0 Å². The predicted octanol–water partition coefficient (Wildman–Crippen LogP) is 3.57. The molecule has 0 nitrogen and oxygen atoms in total. The Labute approximate surface area is 106 Å². The molecule has 2 rings (SSSR count). The second kappa shape index (κ2) is 5.28. The Morgan fingerprint density at radius 1 is 1.00 bits per heavy atom. The summed E-state index contributed by atoms with van der Waals surface area (Å²) in [5.41, 5.74) is 4.69. The standard InChI is InChI=1S/C14H12.W/c1-11-8-12(2)10-14(9-11)13-6-4-3-5-7-13;/h3-6,8-9H,1-2H3;/q-2;+2. The van der Waals surface area contributed by atoms with Crippen molar-refractivity contribution >= 4 is 0 Å². The fraction of sp³-hybridized carbons (Fsp3) is 0.143. The molecule has 2 aromatic rings. The molecule has 0 spiro atoms. The molecule has 0 unspecified atom stereocenters. The van der Waals surface area contributed by atoms with Gasteiger partial charge in [-0.05, 0) is 0 Å². The van der Waals surface area contributed by atoms with Gasteiger partial charge in [-0.15, -0.1) is 23.3 Å². The molecule has 0 aliphatic carbocycles. The third-order valence-electron chi connectivity index (χ3n) is 2.15. The van der Waals surface area contributed by atoms with Gasteiger partial charge in [-0.1, -0.05) is 13.8 Å². The van der Waals surface area contributed by atoms with Crippen LogP contribution in [0.3, 0.4) is 0 Å². The summed E-state index contributed by atoms with van der Waals surface area (Å²) in [7, 11) is 0. The number of hydrogen-bond donors (Lipinski definition) is 0. The monoisotopic (exact) mass is 364 g/mol. The molecule has 0 aliphatic heterocycles. The van der Waals surface area contributed by atoms with Crippen molar-refractivity contribution in [2.75, 3.05) is 0 Å². The van der Waals surface area contributed by atoms with Crippen LogP contribution in [0.1, 0.15) is 11.1 Å². The van der Waals surface area contributed by atoms with Crippen molar-refractivity contribution in [1.82, 2.24) is 0 Å². The first kappa shape index (κ1) is 12.2. The first-order valence-electron chi connectivity index (χ1n) is 4.73. The molecule has 0 N–H and O–H groups in total. The Kier molecular flexibility index (Phi) is 4.29. The topological polar surface area (TPSA) is 0 Å². The van der Waals surface area contributed by atoms with Gasteiger partial charge in [-0.25, -0.2) is 11.1 Å². The van der Waals surface area contributed by atoms with Crippen LogP contribution in [0, 0.1) is 26.0 Å². The fourth-order valence-corrected chi connectivity index (χ4v) is 1.60. The maximum absolute atomic E-state index is 3.33. The smallest absolute Gasteiger partial charge is 0.226 e. The van der Waals surface area contributed by atoms with Crippen molar-refractivity contribution < 1.29 is 21.1 Å². The number of rotatable bonds is 1. The summed E-state index contributed by atoms with van der Waals surface area (Å²) in [4.78, 5) is 0. The quantitative estimate of drug-likeness (QED) is 0.679. The van der Waals surface area contributed by atoms with E-state index >= 15 is 0 Å². The largest absolute Gasteiger partial charge is 2.00 e. The van der Waals surface area contributed by atoms with E-state index in [1.807, 2.05) is 18.2 Å². The van der Waals surface area contributed by atoms with Crippen LogP contribution in [-0.4, -0.2) is 0 Å². The van der Waals surface area contributed by atoms with Crippen molar-refractivity contribution in [2.24, 2.45) is 0 Å². The zero-order valence-electron chi connectivity index (χ0n) is 8.87. The van der Waals surface area contributed by atoms with Crippen LogP contribution in [0.2, 0.25) is 0 Å². The van der Waals surface area contributed by atoms with E-state index in [0.29, 0.717) is 0 Å². The molecular weight excluding hydrogens is 352 g/mol. The second-order valence-electron chi connectivity index (χ2n) is 3.53. The van der Waals surface area contributed by atoms with E-state index in [1.165, 1.54) is 11.1 Å². The van der Waals surface area contributed by atoms with Gasteiger partial charge < -0.3 is 0 Å². The third-order valence-corrected chi connectivity index (χ3v) is 2.15. The van der Waals surface area contributed by atoms with Crippen LogP contribution < -0.4 is 0 Å². The van der Waals surface area contributed by atoms with E-state index in [-0.39, 0.29) is 21.1 Å². The Morgan fingerprint density at radius 3 is 2.40 bits per heavy atom. The summed E-state index contributed by atoms with van der Waals surface area (Å²) in [6, 6.07) is 18.8. The van der Waals surface area contributed by atoms with Crippen LogP contribution in [0.25, 0.3) is 11.1 Å². The average Bonchev–Trinajstić information content (AvgIpc) is 2.18. The van der Waals surface area contributed by atoms with Crippen molar-refractivity contribution in [3.05, 3.63) is 59.7 Å². The summed E-state index contributed by atoms with van der Waals surface area (Å²) < 4.78 is 0. The van der Waals surface area contributed by atoms with Gasteiger partial charge in [0.25, 0.3) is 0 Å². The molecule has 0 aliphatic rings. The normalized spacial score (nSPS) is 9.47. The summed E-state index contributed by atoms with van der Waals surface area (Å²) in [5, 5.41) is 0. The first-order valence-corrected chi connectivity index (χ1v) is 4.73. The molecule has 0 atom stereocenters. The van der Waals surface area contributed by atoms with Crippen molar-refractivity contribution in [3.63, 3.8) is 0 Å². The summed E-state index contributed by atoms with van der Waals surface area (Å²) in [6.45, 7) is 4.17. The minimum absolute atomic E-state index is 0. The molecular formula is C14H12W. The van der Waals surface area contributed by atoms with Crippen molar-refractivity contribution in [3.8, 4) is 11.1 Å². The predicted molar refractivity (Wildman–Crippen MR) is 59.0 cm³/mol. The molecule has 1 heteroatoms. The molecule has 0 saturated carbocycles. The van der Waals surface area contributed by atoms with E-state index in [0.717, 1.165) is 11.1 Å². The van der Waals surface area contributed by atoms with Crippen LogP contribution >= 0.6 is 0 Å². The number of hydrogen-bond acceptors (Lipinski definition) is 0. The molecule has 0 bridgehead atoms. The van der Waals surface area contributed by atoms with Gasteiger partial charge in [0.1, 0.15) is 0 Å². The minimum Gasteiger partial charge on any atom is -0.226 e. The van der Waals surface area contributed by atoms with Gasteiger partial charge in [0.05, 0.1) is 0 Å². The molecule has 15 heavy (non-hydrogen) atoms. The summed E-state index contributed by atoms with van der Waals surface area (Å²) in [5.74, 6) is 0. The summed E-state index contributed by atoms with van der Waals surface area (Å²) in [6.07, 6.45) is 0. The fourth-order valence-electron chi connectivity index (χ4n) is 1.60.